The molecular formula is C6H10O3. The van der Waals surface area contributed by atoms with Gasteiger partial charge in [-0.1, -0.05) is 0 Å². The summed E-state index contributed by atoms with van der Waals surface area (Å²) in [5.74, 6) is 0. The fourth-order valence-electron chi connectivity index (χ4n) is 0.167. The van der Waals surface area contributed by atoms with E-state index < -0.39 is 6.16 Å². The smallest absolute Gasteiger partial charge is 0.450 e. The van der Waals surface area contributed by atoms with Crippen molar-refractivity contribution in [2.45, 2.75) is 13.8 Å². The molecule has 52 valence electrons. The van der Waals surface area contributed by atoms with E-state index in [0.717, 1.165) is 0 Å². The first kappa shape index (κ1) is 10.7. The molecule has 0 fully saturated rings. The van der Waals surface area contributed by atoms with Crippen LogP contribution in [0.15, 0.2) is 17.9 Å². The molecule has 0 saturated carbocycles. The Morgan fingerprint density at radius 1 is 1.33 bits per heavy atom. The minimum Gasteiger partial charge on any atom is -0.450 e. The Hall–Kier alpha value is -1.21. The van der Waals surface area contributed by atoms with E-state index in [4.69, 9.17) is 15.0 Å². The average molecular weight is 130 g/mol. The highest BCUT2D eigenvalue weighted by Gasteiger charge is 1.70. The molecule has 9 heavy (non-hydrogen) atoms. The van der Waals surface area contributed by atoms with Crippen molar-refractivity contribution >= 4 is 6.16 Å². The molecule has 0 aliphatic heterocycles. The fraction of sp³-hybridized carbons (Fsp3) is 0.333. The highest BCUT2D eigenvalue weighted by atomic mass is 16.6. The number of carbonyl (C=O) groups is 1. The predicted molar refractivity (Wildman–Crippen MR) is 34.7 cm³/mol. The first-order valence-electron chi connectivity index (χ1n) is 2.38. The van der Waals surface area contributed by atoms with E-state index in [1.807, 2.05) is 26.0 Å². The highest BCUT2D eigenvalue weighted by Crippen LogP contribution is 1.57. The van der Waals surface area contributed by atoms with Gasteiger partial charge < -0.3 is 10.2 Å². The summed E-state index contributed by atoms with van der Waals surface area (Å²) < 4.78 is 0. The second-order valence-electron chi connectivity index (χ2n) is 1.03. The molecule has 0 rings (SSSR count). The zero-order valence-electron chi connectivity index (χ0n) is 5.46. The van der Waals surface area contributed by atoms with Crippen LogP contribution in [0, 0.1) is 0 Å². The van der Waals surface area contributed by atoms with Crippen LogP contribution in [0.3, 0.4) is 0 Å². The van der Waals surface area contributed by atoms with Crippen molar-refractivity contribution in [3.05, 3.63) is 17.9 Å². The van der Waals surface area contributed by atoms with Crippen LogP contribution in [0.5, 0.6) is 0 Å². The summed E-state index contributed by atoms with van der Waals surface area (Å²) in [7, 11) is 0. The zero-order chi connectivity index (χ0) is 7.70. The molecule has 0 aromatic heterocycles. The normalized spacial score (nSPS) is 5.56. The monoisotopic (exact) mass is 130 g/mol. The van der Waals surface area contributed by atoms with Crippen LogP contribution in [-0.4, -0.2) is 16.4 Å². The summed E-state index contributed by atoms with van der Waals surface area (Å²) in [6.07, 6.45) is 1.92. The van der Waals surface area contributed by atoms with E-state index in [-0.39, 0.29) is 0 Å². The average Bonchev–Trinajstić information content (AvgIpc) is 1.66. The van der Waals surface area contributed by atoms with E-state index in [1.54, 1.807) is 0 Å². The molecule has 0 unspecified atom stereocenters. The number of hydrogen-bond acceptors (Lipinski definition) is 1. The SMILES string of the molecule is CC=C=CC.O=C(O)O. The second-order valence-corrected chi connectivity index (χ2v) is 1.03. The molecule has 0 heterocycles. The maximum atomic E-state index is 8.56. The van der Waals surface area contributed by atoms with Crippen molar-refractivity contribution in [1.82, 2.24) is 0 Å². The standard InChI is InChI=1S/C5H8.CH2O3/c1-3-5-4-2;2-1(3)4/h3-4H,1-2H3;(H2,2,3,4). The van der Waals surface area contributed by atoms with Gasteiger partial charge in [0, 0.05) is 0 Å². The van der Waals surface area contributed by atoms with E-state index >= 15 is 0 Å². The van der Waals surface area contributed by atoms with Gasteiger partial charge in [0.25, 0.3) is 0 Å². The molecule has 0 saturated heterocycles. The predicted octanol–water partition coefficient (Wildman–Crippen LogP) is 1.96. The van der Waals surface area contributed by atoms with Crippen LogP contribution in [0.1, 0.15) is 13.8 Å². The Kier molecular flexibility index (Phi) is 11.8. The fourth-order valence-corrected chi connectivity index (χ4v) is 0.167. The Morgan fingerprint density at radius 2 is 1.56 bits per heavy atom. The van der Waals surface area contributed by atoms with Crippen molar-refractivity contribution in [2.75, 3.05) is 0 Å². The molecule has 3 nitrogen and oxygen atoms in total. The Labute approximate surface area is 53.9 Å². The molecule has 0 aliphatic carbocycles. The van der Waals surface area contributed by atoms with Gasteiger partial charge in [-0.25, -0.2) is 4.79 Å². The third kappa shape index (κ3) is 250. The van der Waals surface area contributed by atoms with Crippen LogP contribution in [0.4, 0.5) is 4.79 Å². The maximum absolute atomic E-state index is 8.56. The minimum atomic E-state index is -1.83. The number of carboxylic acid groups (broad SMARTS) is 2. The summed E-state index contributed by atoms with van der Waals surface area (Å²) in [4.78, 5) is 8.56. The molecule has 0 amide bonds. The lowest BCUT2D eigenvalue weighted by Crippen LogP contribution is -1.81. The van der Waals surface area contributed by atoms with Gasteiger partial charge in [0.2, 0.25) is 0 Å². The molecular weight excluding hydrogens is 120 g/mol. The van der Waals surface area contributed by atoms with E-state index in [9.17, 15) is 0 Å². The van der Waals surface area contributed by atoms with Crippen LogP contribution in [0.2, 0.25) is 0 Å². The van der Waals surface area contributed by atoms with Crippen molar-refractivity contribution in [3.63, 3.8) is 0 Å². The van der Waals surface area contributed by atoms with Crippen molar-refractivity contribution < 1.29 is 15.0 Å². The lowest BCUT2D eigenvalue weighted by atomic mass is 10.6. The third-order valence-corrected chi connectivity index (χ3v) is 0.333. The molecule has 3 heteroatoms. The molecule has 0 aromatic carbocycles. The Morgan fingerprint density at radius 3 is 1.56 bits per heavy atom. The Bertz CT molecular complexity index is 110. The summed E-state index contributed by atoms with van der Waals surface area (Å²) in [5, 5.41) is 13.9. The first-order chi connectivity index (χ1) is 4.15. The topological polar surface area (TPSA) is 57.5 Å². The number of rotatable bonds is 0. The maximum Gasteiger partial charge on any atom is 0.503 e. The summed E-state index contributed by atoms with van der Waals surface area (Å²) in [6.45, 7) is 3.89. The quantitative estimate of drug-likeness (QED) is 0.493. The van der Waals surface area contributed by atoms with Crippen LogP contribution in [-0.2, 0) is 0 Å². The number of hydrogen-bond donors (Lipinski definition) is 2. The lowest BCUT2D eigenvalue weighted by molar-refractivity contribution is 0.137. The summed E-state index contributed by atoms with van der Waals surface area (Å²) in [5.41, 5.74) is 2.86. The molecule has 0 atom stereocenters. The van der Waals surface area contributed by atoms with Crippen LogP contribution < -0.4 is 0 Å². The van der Waals surface area contributed by atoms with E-state index in [1.165, 1.54) is 0 Å². The van der Waals surface area contributed by atoms with E-state index in [0.29, 0.717) is 0 Å². The largest absolute Gasteiger partial charge is 0.503 e. The van der Waals surface area contributed by atoms with Gasteiger partial charge in [-0.2, -0.15) is 0 Å². The van der Waals surface area contributed by atoms with Crippen molar-refractivity contribution in [3.8, 4) is 0 Å². The van der Waals surface area contributed by atoms with Gasteiger partial charge in [0.05, 0.1) is 0 Å². The molecule has 0 aliphatic rings. The summed E-state index contributed by atoms with van der Waals surface area (Å²) in [6, 6.07) is 0. The zero-order valence-corrected chi connectivity index (χ0v) is 5.46. The first-order valence-corrected chi connectivity index (χ1v) is 2.38. The minimum absolute atomic E-state index is 1.83. The van der Waals surface area contributed by atoms with Gasteiger partial charge in [0.1, 0.15) is 0 Å². The van der Waals surface area contributed by atoms with Gasteiger partial charge >= 0.3 is 6.16 Å². The molecule has 0 aromatic rings. The van der Waals surface area contributed by atoms with Gasteiger partial charge in [0.15, 0.2) is 0 Å². The van der Waals surface area contributed by atoms with Gasteiger partial charge in [-0.05, 0) is 26.0 Å². The van der Waals surface area contributed by atoms with Crippen LogP contribution >= 0.6 is 0 Å². The molecule has 0 spiro atoms. The number of allylic oxidation sites excluding steroid dienone is 1. The third-order valence-electron chi connectivity index (χ3n) is 0.333. The van der Waals surface area contributed by atoms with Crippen molar-refractivity contribution in [2.24, 2.45) is 0 Å². The molecule has 0 radical (unpaired) electrons. The molecule has 0 bridgehead atoms. The van der Waals surface area contributed by atoms with E-state index in [2.05, 4.69) is 5.73 Å². The highest BCUT2D eigenvalue weighted by molar-refractivity contribution is 5.53. The summed E-state index contributed by atoms with van der Waals surface area (Å²) >= 11 is 0. The van der Waals surface area contributed by atoms with Crippen molar-refractivity contribution in [1.29, 1.82) is 0 Å². The lowest BCUT2D eigenvalue weighted by Gasteiger charge is -1.60. The second kappa shape index (κ2) is 9.92. The van der Waals surface area contributed by atoms with Gasteiger partial charge in [-0.15, -0.1) is 5.73 Å². The molecule has 2 N–H and O–H groups in total. The Balaban J connectivity index is 0. The van der Waals surface area contributed by atoms with Gasteiger partial charge in [-0.3, -0.25) is 0 Å². The van der Waals surface area contributed by atoms with Crippen LogP contribution in [0.25, 0.3) is 0 Å².